The summed E-state index contributed by atoms with van der Waals surface area (Å²) in [5.41, 5.74) is 6.26. The number of hydrogen-bond acceptors (Lipinski definition) is 5. The summed E-state index contributed by atoms with van der Waals surface area (Å²) in [7, 11) is -0.735. The smallest absolute Gasteiger partial charge is 0.323 e. The molecule has 0 radical (unpaired) electrons. The van der Waals surface area contributed by atoms with Crippen molar-refractivity contribution in [1.29, 1.82) is 0 Å². The molecule has 0 heterocycles. The Hall–Kier alpha value is -1.80. The normalized spacial score (nSPS) is 11.2. The van der Waals surface area contributed by atoms with Gasteiger partial charge in [-0.05, 0) is 25.2 Å². The van der Waals surface area contributed by atoms with Gasteiger partial charge in [-0.3, -0.25) is 4.79 Å². The molecule has 8 heteroatoms. The van der Waals surface area contributed by atoms with Crippen LogP contribution in [0.15, 0.2) is 23.1 Å². The van der Waals surface area contributed by atoms with Gasteiger partial charge in [0.05, 0.1) is 5.69 Å². The number of nitrogens with one attached hydrogen (secondary N) is 1. The molecule has 0 bridgehead atoms. The van der Waals surface area contributed by atoms with Crippen LogP contribution in [-0.2, 0) is 14.8 Å². The number of aliphatic carboxylic acids is 1. The zero-order valence-electron chi connectivity index (χ0n) is 10.0. The summed E-state index contributed by atoms with van der Waals surface area (Å²) in [4.78, 5) is 12.0. The molecule has 0 saturated heterocycles. The van der Waals surface area contributed by atoms with Gasteiger partial charge in [0.25, 0.3) is 0 Å². The largest absolute Gasteiger partial charge is 0.480 e. The minimum Gasteiger partial charge on any atom is -0.480 e. The van der Waals surface area contributed by atoms with E-state index in [1.165, 1.54) is 30.1 Å². The van der Waals surface area contributed by atoms with Crippen LogP contribution in [0.5, 0.6) is 0 Å². The van der Waals surface area contributed by atoms with Crippen LogP contribution in [0.3, 0.4) is 0 Å². The minimum atomic E-state index is -3.60. The third-order valence-electron chi connectivity index (χ3n) is 2.36. The quantitative estimate of drug-likeness (QED) is 0.635. The Bertz CT molecular complexity index is 556. The first-order valence-electron chi connectivity index (χ1n) is 5.04. The predicted octanol–water partition coefficient (Wildman–Crippen LogP) is -0.302. The van der Waals surface area contributed by atoms with Crippen LogP contribution in [0.25, 0.3) is 0 Å². The van der Waals surface area contributed by atoms with Crippen LogP contribution in [0.1, 0.15) is 0 Å². The molecule has 0 saturated carbocycles. The fourth-order valence-electron chi connectivity index (χ4n) is 1.42. The second kappa shape index (κ2) is 5.23. The molecule has 0 aromatic heterocycles. The average Bonchev–Trinajstić information content (AvgIpc) is 2.27. The topological polar surface area (TPSA) is 113 Å². The highest BCUT2D eigenvalue weighted by molar-refractivity contribution is 7.89. The highest BCUT2D eigenvalue weighted by atomic mass is 32.2. The van der Waals surface area contributed by atoms with Gasteiger partial charge < -0.3 is 15.7 Å². The molecule has 0 aliphatic rings. The number of nitrogens with two attached hydrogens (primary N) is 1. The number of likely N-dealkylation sites (N-methyl/N-ethyl adjacent to an activating group) is 1. The fraction of sp³-hybridized carbons (Fsp3) is 0.300. The van der Waals surface area contributed by atoms with Crippen LogP contribution in [-0.4, -0.2) is 40.1 Å². The van der Waals surface area contributed by atoms with E-state index < -0.39 is 16.0 Å². The lowest BCUT2D eigenvalue weighted by Gasteiger charge is -2.18. The Labute approximate surface area is 105 Å². The lowest BCUT2D eigenvalue weighted by atomic mass is 10.2. The van der Waals surface area contributed by atoms with E-state index in [1.807, 2.05) is 0 Å². The Balaban J connectivity index is 3.10. The van der Waals surface area contributed by atoms with Gasteiger partial charge >= 0.3 is 5.97 Å². The van der Waals surface area contributed by atoms with Crippen LogP contribution in [0.2, 0.25) is 0 Å². The van der Waals surface area contributed by atoms with Gasteiger partial charge in [0.15, 0.2) is 0 Å². The van der Waals surface area contributed by atoms with E-state index in [2.05, 4.69) is 4.72 Å². The Morgan fingerprint density at radius 3 is 2.56 bits per heavy atom. The first-order chi connectivity index (χ1) is 8.27. The third-order valence-corrected chi connectivity index (χ3v) is 3.85. The van der Waals surface area contributed by atoms with E-state index in [4.69, 9.17) is 10.8 Å². The summed E-state index contributed by atoms with van der Waals surface area (Å²) >= 11 is 0. The molecule has 0 unspecified atom stereocenters. The first kappa shape index (κ1) is 14.3. The minimum absolute atomic E-state index is 0.0301. The van der Waals surface area contributed by atoms with Crippen molar-refractivity contribution in [2.75, 3.05) is 31.3 Å². The molecule has 0 amide bonds. The monoisotopic (exact) mass is 273 g/mol. The van der Waals surface area contributed by atoms with E-state index in [-0.39, 0.29) is 17.1 Å². The average molecular weight is 273 g/mol. The molecular weight excluding hydrogens is 258 g/mol. The van der Waals surface area contributed by atoms with Gasteiger partial charge in [0.1, 0.15) is 11.4 Å². The Morgan fingerprint density at radius 1 is 1.50 bits per heavy atom. The molecular formula is C10H15N3O4S. The number of carboxylic acids is 1. The SMILES string of the molecule is CNS(=O)(=O)c1ccc(N(C)CC(=O)O)cc1N. The molecule has 100 valence electrons. The zero-order chi connectivity index (χ0) is 13.9. The number of carbonyl (C=O) groups is 1. The fourth-order valence-corrected chi connectivity index (χ4v) is 2.26. The number of rotatable bonds is 5. The van der Waals surface area contributed by atoms with E-state index >= 15 is 0 Å². The van der Waals surface area contributed by atoms with Gasteiger partial charge in [0.2, 0.25) is 10.0 Å². The third kappa shape index (κ3) is 3.11. The maximum absolute atomic E-state index is 11.6. The van der Waals surface area contributed by atoms with Gasteiger partial charge in [-0.1, -0.05) is 0 Å². The Kier molecular flexibility index (Phi) is 4.15. The molecule has 0 aliphatic carbocycles. The summed E-state index contributed by atoms with van der Waals surface area (Å²) in [6.45, 7) is -0.197. The van der Waals surface area contributed by atoms with Gasteiger partial charge in [-0.25, -0.2) is 13.1 Å². The molecule has 4 N–H and O–H groups in total. The van der Waals surface area contributed by atoms with Crippen molar-refractivity contribution >= 4 is 27.4 Å². The summed E-state index contributed by atoms with van der Waals surface area (Å²) in [5.74, 6) is -0.983. The van der Waals surface area contributed by atoms with Crippen LogP contribution in [0, 0.1) is 0 Å². The molecule has 0 atom stereocenters. The summed E-state index contributed by atoms with van der Waals surface area (Å²) < 4.78 is 25.3. The lowest BCUT2D eigenvalue weighted by molar-refractivity contribution is -0.135. The number of anilines is 2. The number of nitrogen functional groups attached to an aromatic ring is 1. The molecule has 18 heavy (non-hydrogen) atoms. The van der Waals surface area contributed by atoms with E-state index in [0.29, 0.717) is 5.69 Å². The Morgan fingerprint density at radius 2 is 2.11 bits per heavy atom. The van der Waals surface area contributed by atoms with Gasteiger partial charge in [-0.2, -0.15) is 0 Å². The summed E-state index contributed by atoms with van der Waals surface area (Å²) in [5, 5.41) is 8.66. The number of benzene rings is 1. The van der Waals surface area contributed by atoms with E-state index in [1.54, 1.807) is 7.05 Å². The molecule has 1 aromatic carbocycles. The van der Waals surface area contributed by atoms with E-state index in [0.717, 1.165) is 0 Å². The number of nitrogens with zero attached hydrogens (tertiary/aromatic N) is 1. The maximum atomic E-state index is 11.6. The zero-order valence-corrected chi connectivity index (χ0v) is 10.9. The number of carboxylic acid groups (broad SMARTS) is 1. The van der Waals surface area contributed by atoms with Crippen molar-refractivity contribution in [3.05, 3.63) is 18.2 Å². The van der Waals surface area contributed by atoms with Crippen molar-refractivity contribution in [3.8, 4) is 0 Å². The molecule has 1 aromatic rings. The number of sulfonamides is 1. The van der Waals surface area contributed by atoms with Crippen molar-refractivity contribution in [3.63, 3.8) is 0 Å². The van der Waals surface area contributed by atoms with Crippen molar-refractivity contribution in [2.45, 2.75) is 4.90 Å². The van der Waals surface area contributed by atoms with Crippen LogP contribution >= 0.6 is 0 Å². The summed E-state index contributed by atoms with van der Waals surface area (Å²) in [6, 6.07) is 4.27. The molecule has 1 rings (SSSR count). The van der Waals surface area contributed by atoms with Gasteiger partial charge in [0, 0.05) is 12.7 Å². The highest BCUT2D eigenvalue weighted by Gasteiger charge is 2.16. The standard InChI is InChI=1S/C10H15N3O4S/c1-12-18(16,17)9-4-3-7(5-8(9)11)13(2)6-10(14)15/h3-5,12H,6,11H2,1-2H3,(H,14,15). The first-order valence-corrected chi connectivity index (χ1v) is 6.52. The van der Waals surface area contributed by atoms with Crippen molar-refractivity contribution in [1.82, 2.24) is 4.72 Å². The lowest BCUT2D eigenvalue weighted by Crippen LogP contribution is -2.25. The molecule has 7 nitrogen and oxygen atoms in total. The van der Waals surface area contributed by atoms with Crippen molar-refractivity contribution < 1.29 is 18.3 Å². The number of hydrogen-bond donors (Lipinski definition) is 3. The predicted molar refractivity (Wildman–Crippen MR) is 68.0 cm³/mol. The van der Waals surface area contributed by atoms with Crippen LogP contribution in [0.4, 0.5) is 11.4 Å². The molecule has 0 aliphatic heterocycles. The second-order valence-corrected chi connectivity index (χ2v) is 5.53. The highest BCUT2D eigenvalue weighted by Crippen LogP contribution is 2.23. The second-order valence-electron chi connectivity index (χ2n) is 3.68. The molecule has 0 spiro atoms. The van der Waals surface area contributed by atoms with E-state index in [9.17, 15) is 13.2 Å². The summed E-state index contributed by atoms with van der Waals surface area (Å²) in [6.07, 6.45) is 0. The molecule has 0 fully saturated rings. The van der Waals surface area contributed by atoms with Crippen molar-refractivity contribution in [2.24, 2.45) is 0 Å². The maximum Gasteiger partial charge on any atom is 0.323 e. The van der Waals surface area contributed by atoms with Crippen LogP contribution < -0.4 is 15.4 Å². The van der Waals surface area contributed by atoms with Gasteiger partial charge in [-0.15, -0.1) is 0 Å².